The molecule has 5 aromatic rings. The molecule has 34 heavy (non-hydrogen) atoms. The molecule has 1 amide bonds. The number of aromatic amines is 1. The molecule has 1 aliphatic carbocycles. The highest BCUT2D eigenvalue weighted by Crippen LogP contribution is 2.31. The average molecular weight is 444 g/mol. The van der Waals surface area contributed by atoms with Gasteiger partial charge in [0.05, 0.1) is 17.4 Å². The van der Waals surface area contributed by atoms with Crippen LogP contribution in [0.3, 0.4) is 0 Å². The predicted molar refractivity (Wildman–Crippen MR) is 137 cm³/mol. The second kappa shape index (κ2) is 8.64. The van der Waals surface area contributed by atoms with Crippen molar-refractivity contribution < 1.29 is 4.79 Å². The third-order valence-electron chi connectivity index (χ3n) is 6.78. The van der Waals surface area contributed by atoms with Gasteiger partial charge in [-0.05, 0) is 59.4 Å². The average Bonchev–Trinajstić information content (AvgIpc) is 3.39. The minimum absolute atomic E-state index is 0.0354. The Morgan fingerprint density at radius 2 is 1.68 bits per heavy atom. The highest BCUT2D eigenvalue weighted by Gasteiger charge is 2.22. The van der Waals surface area contributed by atoms with Gasteiger partial charge in [-0.3, -0.25) is 9.89 Å². The Labute approximate surface area is 198 Å². The van der Waals surface area contributed by atoms with Crippen molar-refractivity contribution in [1.29, 1.82) is 0 Å². The van der Waals surface area contributed by atoms with Crippen molar-refractivity contribution in [3.05, 3.63) is 114 Å². The van der Waals surface area contributed by atoms with Crippen molar-refractivity contribution in [2.75, 3.05) is 0 Å². The second-order valence-electron chi connectivity index (χ2n) is 8.89. The van der Waals surface area contributed by atoms with Crippen LogP contribution in [0.2, 0.25) is 0 Å². The van der Waals surface area contributed by atoms with E-state index < -0.39 is 0 Å². The van der Waals surface area contributed by atoms with Crippen LogP contribution in [0.4, 0.5) is 0 Å². The van der Waals surface area contributed by atoms with E-state index in [1.54, 1.807) is 0 Å². The number of rotatable bonds is 4. The number of carbonyl (C=O) groups excluding carboxylic acids is 1. The molecule has 0 fully saturated rings. The molecule has 6 rings (SSSR count). The van der Waals surface area contributed by atoms with Gasteiger partial charge in [-0.15, -0.1) is 0 Å². The largest absolute Gasteiger partial charge is 0.345 e. The minimum atomic E-state index is -0.0354. The van der Waals surface area contributed by atoms with Gasteiger partial charge < -0.3 is 5.32 Å². The van der Waals surface area contributed by atoms with E-state index in [0.717, 1.165) is 41.8 Å². The molecule has 1 aromatic heterocycles. The number of benzene rings is 4. The topological polar surface area (TPSA) is 57.8 Å². The number of nitrogens with one attached hydrogen (secondary N) is 2. The molecule has 2 N–H and O–H groups in total. The van der Waals surface area contributed by atoms with Crippen molar-refractivity contribution in [1.82, 2.24) is 15.5 Å². The third-order valence-corrected chi connectivity index (χ3v) is 6.78. The zero-order valence-corrected chi connectivity index (χ0v) is 18.8. The molecule has 0 spiro atoms. The summed E-state index contributed by atoms with van der Waals surface area (Å²) in [6, 6.07) is 32.9. The van der Waals surface area contributed by atoms with Crippen LogP contribution in [0.25, 0.3) is 33.3 Å². The van der Waals surface area contributed by atoms with E-state index in [2.05, 4.69) is 88.3 Å². The van der Waals surface area contributed by atoms with Crippen molar-refractivity contribution in [2.24, 2.45) is 0 Å². The number of nitrogens with zero attached hydrogens (tertiary/aromatic N) is 1. The zero-order chi connectivity index (χ0) is 22.9. The first-order valence-corrected chi connectivity index (χ1v) is 11.8. The number of aryl methyl sites for hydroxylation is 1. The Bertz CT molecular complexity index is 1480. The summed E-state index contributed by atoms with van der Waals surface area (Å²) in [7, 11) is 0. The van der Waals surface area contributed by atoms with E-state index in [9.17, 15) is 4.79 Å². The number of carbonyl (C=O) groups is 1. The van der Waals surface area contributed by atoms with Crippen LogP contribution in [0.5, 0.6) is 0 Å². The Balaban J connectivity index is 1.21. The fourth-order valence-electron chi connectivity index (χ4n) is 5.01. The molecule has 1 atom stereocenters. The summed E-state index contributed by atoms with van der Waals surface area (Å²) in [6.07, 6.45) is 3.16. The number of hydrogen-bond acceptors (Lipinski definition) is 2. The maximum Gasteiger partial charge on any atom is 0.251 e. The molecule has 1 aliphatic rings. The molecule has 166 valence electrons. The van der Waals surface area contributed by atoms with Gasteiger partial charge in [0.1, 0.15) is 0 Å². The molecule has 0 saturated heterocycles. The van der Waals surface area contributed by atoms with Crippen molar-refractivity contribution >= 4 is 16.7 Å². The quantitative estimate of drug-likeness (QED) is 0.324. The summed E-state index contributed by atoms with van der Waals surface area (Å²) in [5, 5.41) is 13.3. The first-order chi connectivity index (χ1) is 16.8. The van der Waals surface area contributed by atoms with E-state index in [0.29, 0.717) is 5.56 Å². The molecule has 4 aromatic carbocycles. The highest BCUT2D eigenvalue weighted by molar-refractivity contribution is 5.97. The number of amides is 1. The van der Waals surface area contributed by atoms with Crippen molar-refractivity contribution in [2.45, 2.75) is 25.3 Å². The van der Waals surface area contributed by atoms with Crippen LogP contribution in [-0.2, 0) is 6.42 Å². The van der Waals surface area contributed by atoms with E-state index in [4.69, 9.17) is 0 Å². The number of hydrogen-bond donors (Lipinski definition) is 2. The number of fused-ring (bicyclic) bond motifs is 2. The van der Waals surface area contributed by atoms with E-state index in [-0.39, 0.29) is 11.9 Å². The fourth-order valence-corrected chi connectivity index (χ4v) is 5.01. The van der Waals surface area contributed by atoms with Gasteiger partial charge in [0.25, 0.3) is 5.91 Å². The molecule has 4 nitrogen and oxygen atoms in total. The lowest BCUT2D eigenvalue weighted by molar-refractivity contribution is 0.0933. The van der Waals surface area contributed by atoms with Gasteiger partial charge in [-0.25, -0.2) is 0 Å². The Morgan fingerprint density at radius 1 is 0.882 bits per heavy atom. The lowest BCUT2D eigenvalue weighted by Crippen LogP contribution is -2.30. The third kappa shape index (κ3) is 3.77. The minimum Gasteiger partial charge on any atom is -0.345 e. The first-order valence-electron chi connectivity index (χ1n) is 11.8. The Hall–Kier alpha value is -4.18. The Kier molecular flexibility index (Phi) is 5.19. The summed E-state index contributed by atoms with van der Waals surface area (Å²) in [5.74, 6) is -0.0354. The summed E-state index contributed by atoms with van der Waals surface area (Å²) < 4.78 is 0. The van der Waals surface area contributed by atoms with Crippen LogP contribution in [-0.4, -0.2) is 16.1 Å². The predicted octanol–water partition coefficient (Wildman–Crippen LogP) is 6.70. The fraction of sp³-hybridized carbons (Fsp3) is 0.133. The summed E-state index contributed by atoms with van der Waals surface area (Å²) in [5.41, 5.74) is 7.19. The van der Waals surface area contributed by atoms with Crippen LogP contribution >= 0.6 is 0 Å². The standard InChI is InChI=1S/C30H25N3O/c34-30(31-27-14-6-10-21-8-2-4-12-25(21)27)23-17-15-22(16-18-23)28-19-29(33-32-28)26-13-5-9-20-7-1-3-11-24(20)26/h1-5,7-9,11-13,15-19,27H,6,10,14H2,(H,31,34)(H,32,33). The van der Waals surface area contributed by atoms with E-state index in [1.807, 2.05) is 24.3 Å². The lowest BCUT2D eigenvalue weighted by Gasteiger charge is -2.26. The molecule has 1 unspecified atom stereocenters. The van der Waals surface area contributed by atoms with Gasteiger partial charge in [0.2, 0.25) is 0 Å². The molecule has 0 saturated carbocycles. The molecular formula is C30H25N3O. The second-order valence-corrected chi connectivity index (χ2v) is 8.89. The number of aromatic nitrogens is 2. The Morgan fingerprint density at radius 3 is 2.59 bits per heavy atom. The summed E-state index contributed by atoms with van der Waals surface area (Å²) in [6.45, 7) is 0. The van der Waals surface area contributed by atoms with Crippen LogP contribution in [0, 0.1) is 0 Å². The summed E-state index contributed by atoms with van der Waals surface area (Å²) >= 11 is 0. The lowest BCUT2D eigenvalue weighted by atomic mass is 9.87. The van der Waals surface area contributed by atoms with Gasteiger partial charge in [0.15, 0.2) is 0 Å². The highest BCUT2D eigenvalue weighted by atomic mass is 16.1. The van der Waals surface area contributed by atoms with Gasteiger partial charge in [0, 0.05) is 16.7 Å². The normalized spacial score (nSPS) is 15.1. The molecule has 1 heterocycles. The first kappa shape index (κ1) is 20.4. The maximum absolute atomic E-state index is 13.0. The molecular weight excluding hydrogens is 418 g/mol. The van der Waals surface area contributed by atoms with Gasteiger partial charge in [-0.1, -0.05) is 78.9 Å². The molecule has 0 bridgehead atoms. The van der Waals surface area contributed by atoms with Crippen molar-refractivity contribution in [3.63, 3.8) is 0 Å². The van der Waals surface area contributed by atoms with Gasteiger partial charge >= 0.3 is 0 Å². The van der Waals surface area contributed by atoms with E-state index in [1.165, 1.54) is 21.9 Å². The summed E-state index contributed by atoms with van der Waals surface area (Å²) in [4.78, 5) is 13.0. The molecule has 0 radical (unpaired) electrons. The van der Waals surface area contributed by atoms with Crippen LogP contribution in [0.1, 0.15) is 40.4 Å². The monoisotopic (exact) mass is 443 g/mol. The van der Waals surface area contributed by atoms with E-state index >= 15 is 0 Å². The van der Waals surface area contributed by atoms with Gasteiger partial charge in [-0.2, -0.15) is 5.10 Å². The number of H-pyrrole nitrogens is 1. The molecule has 0 aliphatic heterocycles. The van der Waals surface area contributed by atoms with Crippen LogP contribution in [0.15, 0.2) is 97.1 Å². The van der Waals surface area contributed by atoms with Crippen LogP contribution < -0.4 is 5.32 Å². The smallest absolute Gasteiger partial charge is 0.251 e. The zero-order valence-electron chi connectivity index (χ0n) is 18.8. The van der Waals surface area contributed by atoms with Crippen molar-refractivity contribution in [3.8, 4) is 22.5 Å². The maximum atomic E-state index is 13.0. The molecule has 4 heteroatoms. The SMILES string of the molecule is O=C(NC1CCCc2ccccc21)c1ccc(-c2cc(-c3cccc4ccccc34)[nH]n2)cc1.